The molecule has 0 radical (unpaired) electrons. The second-order valence-corrected chi connectivity index (χ2v) is 6.42. The Hall–Kier alpha value is -0.990. The van der Waals surface area contributed by atoms with Crippen molar-refractivity contribution in [2.75, 3.05) is 5.73 Å². The topological polar surface area (TPSA) is 43.8 Å². The number of aromatic nitrogens is 2. The molecule has 3 nitrogen and oxygen atoms in total. The molecule has 1 aliphatic heterocycles. The zero-order valence-electron chi connectivity index (χ0n) is 12.4. The molecule has 1 atom stereocenters. The fourth-order valence-electron chi connectivity index (χ4n) is 3.51. The van der Waals surface area contributed by atoms with Gasteiger partial charge < -0.3 is 10.3 Å². The molecule has 0 saturated carbocycles. The van der Waals surface area contributed by atoms with E-state index in [2.05, 4.69) is 39.2 Å². The molecule has 3 heteroatoms. The number of nitrogens with two attached hydrogens (primary N) is 1. The van der Waals surface area contributed by atoms with Gasteiger partial charge in [0, 0.05) is 18.4 Å². The van der Waals surface area contributed by atoms with Crippen molar-refractivity contribution in [1.82, 2.24) is 9.55 Å². The predicted molar refractivity (Wildman–Crippen MR) is 76.7 cm³/mol. The lowest BCUT2D eigenvalue weighted by atomic mass is 9.83. The average molecular weight is 249 g/mol. The van der Waals surface area contributed by atoms with Crippen LogP contribution >= 0.6 is 0 Å². The molecule has 0 bridgehead atoms. The Kier molecular flexibility index (Phi) is 3.69. The van der Waals surface area contributed by atoms with Crippen molar-refractivity contribution in [3.8, 4) is 0 Å². The number of nitrogen functional groups attached to an aromatic ring is 1. The second kappa shape index (κ2) is 4.94. The Bertz CT molecular complexity index is 410. The number of nitrogens with zero attached hydrogens (tertiary/aromatic N) is 2. The molecule has 0 aromatic carbocycles. The molecule has 2 heterocycles. The Morgan fingerprint density at radius 1 is 1.22 bits per heavy atom. The maximum atomic E-state index is 6.39. The minimum Gasteiger partial charge on any atom is -0.384 e. The van der Waals surface area contributed by atoms with Crippen molar-refractivity contribution >= 4 is 5.82 Å². The van der Waals surface area contributed by atoms with E-state index in [1.165, 1.54) is 18.7 Å². The van der Waals surface area contributed by atoms with Crippen molar-refractivity contribution in [1.29, 1.82) is 0 Å². The van der Waals surface area contributed by atoms with Crippen molar-refractivity contribution in [3.05, 3.63) is 11.5 Å². The summed E-state index contributed by atoms with van der Waals surface area (Å²) >= 11 is 0. The van der Waals surface area contributed by atoms with Gasteiger partial charge >= 0.3 is 0 Å². The van der Waals surface area contributed by atoms with E-state index in [9.17, 15) is 0 Å². The highest BCUT2D eigenvalue weighted by Gasteiger charge is 2.29. The molecule has 0 aliphatic carbocycles. The molecule has 2 rings (SSSR count). The first-order valence-corrected chi connectivity index (χ1v) is 7.30. The molecule has 0 saturated heterocycles. The Balaban J connectivity index is 2.46. The molecule has 1 aliphatic rings. The van der Waals surface area contributed by atoms with E-state index in [1.54, 1.807) is 0 Å². The van der Waals surface area contributed by atoms with E-state index in [0.717, 1.165) is 17.9 Å². The van der Waals surface area contributed by atoms with Gasteiger partial charge in [-0.1, -0.05) is 27.7 Å². The number of hydrogen-bond donors (Lipinski definition) is 1. The highest BCUT2D eigenvalue weighted by Crippen LogP contribution is 2.38. The van der Waals surface area contributed by atoms with Crippen LogP contribution in [0.4, 0.5) is 5.82 Å². The van der Waals surface area contributed by atoms with Crippen LogP contribution in [0.15, 0.2) is 0 Å². The Morgan fingerprint density at radius 2 is 1.83 bits per heavy atom. The van der Waals surface area contributed by atoms with E-state index in [1.807, 2.05) is 0 Å². The van der Waals surface area contributed by atoms with Gasteiger partial charge in [0.1, 0.15) is 11.6 Å². The molecule has 0 amide bonds. The predicted octanol–water partition coefficient (Wildman–Crippen LogP) is 3.76. The third kappa shape index (κ3) is 2.15. The molecule has 1 aromatic heterocycles. The van der Waals surface area contributed by atoms with Crippen LogP contribution in [-0.2, 0) is 6.42 Å². The smallest absolute Gasteiger partial charge is 0.127 e. The number of rotatable bonds is 3. The van der Waals surface area contributed by atoms with Crippen LogP contribution in [0.5, 0.6) is 0 Å². The molecule has 102 valence electrons. The first-order valence-electron chi connectivity index (χ1n) is 7.30. The summed E-state index contributed by atoms with van der Waals surface area (Å²) in [6.07, 6.45) is 3.55. The maximum absolute atomic E-state index is 6.39. The van der Waals surface area contributed by atoms with Gasteiger partial charge in [-0.2, -0.15) is 0 Å². The zero-order valence-corrected chi connectivity index (χ0v) is 12.4. The molecule has 1 aromatic rings. The summed E-state index contributed by atoms with van der Waals surface area (Å²) in [5.41, 5.74) is 7.53. The molecular formula is C15H27N3. The van der Waals surface area contributed by atoms with Crippen molar-refractivity contribution in [3.63, 3.8) is 0 Å². The first kappa shape index (κ1) is 13.4. The SMILES string of the molecule is CC(C)C(c1nc2n(c1N)C(C)CCC2)C(C)C. The number of hydrogen-bond acceptors (Lipinski definition) is 2. The summed E-state index contributed by atoms with van der Waals surface area (Å²) in [6, 6.07) is 0.509. The average Bonchev–Trinajstić information content (AvgIpc) is 2.57. The van der Waals surface area contributed by atoms with Crippen LogP contribution in [0, 0.1) is 11.8 Å². The van der Waals surface area contributed by atoms with Crippen LogP contribution in [0.3, 0.4) is 0 Å². The second-order valence-electron chi connectivity index (χ2n) is 6.42. The monoisotopic (exact) mass is 249 g/mol. The normalized spacial score (nSPS) is 19.9. The summed E-state index contributed by atoms with van der Waals surface area (Å²) in [5.74, 6) is 3.76. The lowest BCUT2D eigenvalue weighted by Crippen LogP contribution is -2.18. The van der Waals surface area contributed by atoms with Crippen molar-refractivity contribution < 1.29 is 0 Å². The molecule has 0 spiro atoms. The van der Waals surface area contributed by atoms with Crippen LogP contribution in [-0.4, -0.2) is 9.55 Å². The van der Waals surface area contributed by atoms with Gasteiger partial charge in [-0.25, -0.2) is 4.98 Å². The van der Waals surface area contributed by atoms with Crippen LogP contribution in [0.1, 0.15) is 70.9 Å². The van der Waals surface area contributed by atoms with E-state index in [0.29, 0.717) is 23.8 Å². The van der Waals surface area contributed by atoms with Gasteiger partial charge in [0.2, 0.25) is 0 Å². The highest BCUT2D eigenvalue weighted by atomic mass is 15.2. The number of imidazole rings is 1. The fourth-order valence-corrected chi connectivity index (χ4v) is 3.51. The van der Waals surface area contributed by atoms with E-state index >= 15 is 0 Å². The minimum atomic E-state index is 0.468. The van der Waals surface area contributed by atoms with E-state index < -0.39 is 0 Å². The zero-order chi connectivity index (χ0) is 13.4. The molecule has 18 heavy (non-hydrogen) atoms. The quantitative estimate of drug-likeness (QED) is 0.886. The lowest BCUT2D eigenvalue weighted by Gasteiger charge is -2.25. The van der Waals surface area contributed by atoms with Crippen LogP contribution < -0.4 is 5.73 Å². The number of aryl methyl sites for hydroxylation is 1. The molecule has 1 unspecified atom stereocenters. The third-order valence-corrected chi connectivity index (χ3v) is 4.26. The summed E-state index contributed by atoms with van der Waals surface area (Å²) < 4.78 is 2.27. The minimum absolute atomic E-state index is 0.468. The Labute approximate surface area is 111 Å². The van der Waals surface area contributed by atoms with Crippen molar-refractivity contribution in [2.45, 2.75) is 65.8 Å². The molecule has 0 fully saturated rings. The van der Waals surface area contributed by atoms with Gasteiger partial charge in [0.15, 0.2) is 0 Å². The van der Waals surface area contributed by atoms with E-state index in [4.69, 9.17) is 10.7 Å². The largest absolute Gasteiger partial charge is 0.384 e. The number of fused-ring (bicyclic) bond motifs is 1. The Morgan fingerprint density at radius 3 is 2.33 bits per heavy atom. The standard InChI is InChI=1S/C15H27N3/c1-9(2)13(10(3)4)14-15(16)18-11(5)7-6-8-12(18)17-14/h9-11,13H,6-8,16H2,1-5H3. The van der Waals surface area contributed by atoms with Gasteiger partial charge in [-0.15, -0.1) is 0 Å². The van der Waals surface area contributed by atoms with Gasteiger partial charge in [-0.3, -0.25) is 0 Å². The lowest BCUT2D eigenvalue weighted by molar-refractivity contribution is 0.381. The maximum Gasteiger partial charge on any atom is 0.127 e. The highest BCUT2D eigenvalue weighted by molar-refractivity contribution is 5.42. The van der Waals surface area contributed by atoms with Crippen LogP contribution in [0.2, 0.25) is 0 Å². The van der Waals surface area contributed by atoms with Gasteiger partial charge in [-0.05, 0) is 31.6 Å². The summed E-state index contributed by atoms with van der Waals surface area (Å²) in [7, 11) is 0. The summed E-state index contributed by atoms with van der Waals surface area (Å²) in [6.45, 7) is 11.3. The molecular weight excluding hydrogens is 222 g/mol. The van der Waals surface area contributed by atoms with Crippen molar-refractivity contribution in [2.24, 2.45) is 11.8 Å². The van der Waals surface area contributed by atoms with Gasteiger partial charge in [0.05, 0.1) is 5.69 Å². The van der Waals surface area contributed by atoms with Crippen LogP contribution in [0.25, 0.3) is 0 Å². The third-order valence-electron chi connectivity index (χ3n) is 4.26. The summed E-state index contributed by atoms with van der Waals surface area (Å²) in [5, 5.41) is 0. The summed E-state index contributed by atoms with van der Waals surface area (Å²) in [4.78, 5) is 4.88. The number of anilines is 1. The van der Waals surface area contributed by atoms with E-state index in [-0.39, 0.29) is 0 Å². The fraction of sp³-hybridized carbons (Fsp3) is 0.800. The van der Waals surface area contributed by atoms with Gasteiger partial charge in [0.25, 0.3) is 0 Å². The molecule has 2 N–H and O–H groups in total. The first-order chi connectivity index (χ1) is 8.43.